The standard InChI is InChI=1S/C8H14N2O2.ClH/c11-8(12)5-1-2-6-7(3-5)10-4-9-6;/h5-7,9-10H,1-4H2,(H,11,12);1H. The summed E-state index contributed by atoms with van der Waals surface area (Å²) in [5, 5.41) is 15.4. The summed E-state index contributed by atoms with van der Waals surface area (Å²) in [6.07, 6.45) is 2.60. The van der Waals surface area contributed by atoms with Crippen molar-refractivity contribution in [1.82, 2.24) is 10.6 Å². The van der Waals surface area contributed by atoms with E-state index in [0.29, 0.717) is 12.1 Å². The van der Waals surface area contributed by atoms with Gasteiger partial charge >= 0.3 is 5.97 Å². The number of nitrogens with one attached hydrogen (secondary N) is 2. The first-order chi connectivity index (χ1) is 5.77. The van der Waals surface area contributed by atoms with Gasteiger partial charge in [-0.05, 0) is 19.3 Å². The molecule has 0 aromatic carbocycles. The summed E-state index contributed by atoms with van der Waals surface area (Å²) in [6.45, 7) is 0.835. The molecule has 76 valence electrons. The van der Waals surface area contributed by atoms with E-state index in [4.69, 9.17) is 5.11 Å². The van der Waals surface area contributed by atoms with Crippen molar-refractivity contribution in [2.45, 2.75) is 31.3 Å². The van der Waals surface area contributed by atoms with Gasteiger partial charge in [-0.3, -0.25) is 4.79 Å². The molecule has 3 unspecified atom stereocenters. The van der Waals surface area contributed by atoms with Crippen molar-refractivity contribution in [3.05, 3.63) is 0 Å². The van der Waals surface area contributed by atoms with Gasteiger partial charge in [0.2, 0.25) is 0 Å². The van der Waals surface area contributed by atoms with Crippen molar-refractivity contribution in [1.29, 1.82) is 0 Å². The summed E-state index contributed by atoms with van der Waals surface area (Å²) < 4.78 is 0. The van der Waals surface area contributed by atoms with Crippen molar-refractivity contribution in [2.24, 2.45) is 5.92 Å². The van der Waals surface area contributed by atoms with E-state index in [1.165, 1.54) is 0 Å². The van der Waals surface area contributed by atoms with Gasteiger partial charge in [-0.25, -0.2) is 0 Å². The molecule has 1 aliphatic carbocycles. The molecule has 1 aliphatic heterocycles. The van der Waals surface area contributed by atoms with E-state index in [0.717, 1.165) is 25.9 Å². The number of carbonyl (C=O) groups is 1. The minimum atomic E-state index is -0.637. The second-order valence-corrected chi connectivity index (χ2v) is 3.65. The fourth-order valence-electron chi connectivity index (χ4n) is 2.19. The van der Waals surface area contributed by atoms with Gasteiger partial charge in [0.05, 0.1) is 5.92 Å². The molecule has 1 heterocycles. The van der Waals surface area contributed by atoms with E-state index >= 15 is 0 Å². The molecule has 2 fully saturated rings. The number of aliphatic carboxylic acids is 1. The number of fused-ring (bicyclic) bond motifs is 1. The topological polar surface area (TPSA) is 61.4 Å². The van der Waals surface area contributed by atoms with Crippen LogP contribution in [0.2, 0.25) is 0 Å². The van der Waals surface area contributed by atoms with Crippen LogP contribution in [0.3, 0.4) is 0 Å². The predicted molar refractivity (Wildman–Crippen MR) is 50.9 cm³/mol. The molecular weight excluding hydrogens is 192 g/mol. The molecule has 2 rings (SSSR count). The SMILES string of the molecule is Cl.O=C(O)C1CCC2NCNC2C1. The average molecular weight is 207 g/mol. The molecule has 5 heteroatoms. The first-order valence-corrected chi connectivity index (χ1v) is 4.47. The first-order valence-electron chi connectivity index (χ1n) is 4.47. The zero-order valence-corrected chi connectivity index (χ0v) is 8.14. The Labute approximate surface area is 83.5 Å². The molecule has 0 radical (unpaired) electrons. The highest BCUT2D eigenvalue weighted by Crippen LogP contribution is 2.26. The fraction of sp³-hybridized carbons (Fsp3) is 0.875. The quantitative estimate of drug-likeness (QED) is 0.573. The zero-order valence-electron chi connectivity index (χ0n) is 7.32. The lowest BCUT2D eigenvalue weighted by atomic mass is 9.83. The molecule has 0 aromatic heterocycles. The molecule has 3 N–H and O–H groups in total. The number of halogens is 1. The van der Waals surface area contributed by atoms with E-state index in [2.05, 4.69) is 10.6 Å². The zero-order chi connectivity index (χ0) is 8.55. The molecule has 1 saturated heterocycles. The Morgan fingerprint density at radius 1 is 1.23 bits per heavy atom. The Morgan fingerprint density at radius 3 is 2.62 bits per heavy atom. The molecule has 1 saturated carbocycles. The molecule has 13 heavy (non-hydrogen) atoms. The summed E-state index contributed by atoms with van der Waals surface area (Å²) in [7, 11) is 0. The van der Waals surface area contributed by atoms with Crippen LogP contribution in [0.4, 0.5) is 0 Å². The van der Waals surface area contributed by atoms with E-state index in [-0.39, 0.29) is 18.3 Å². The Kier molecular flexibility index (Phi) is 3.53. The lowest BCUT2D eigenvalue weighted by Crippen LogP contribution is -2.41. The molecule has 0 bridgehead atoms. The van der Waals surface area contributed by atoms with Crippen molar-refractivity contribution in [3.63, 3.8) is 0 Å². The summed E-state index contributed by atoms with van der Waals surface area (Å²) >= 11 is 0. The normalized spacial score (nSPS) is 37.7. The van der Waals surface area contributed by atoms with Gasteiger partial charge < -0.3 is 15.7 Å². The van der Waals surface area contributed by atoms with Gasteiger partial charge in [-0.1, -0.05) is 0 Å². The van der Waals surface area contributed by atoms with Crippen LogP contribution in [0.1, 0.15) is 19.3 Å². The summed E-state index contributed by atoms with van der Waals surface area (Å²) in [6, 6.07) is 0.903. The Balaban J connectivity index is 0.000000845. The Morgan fingerprint density at radius 2 is 1.92 bits per heavy atom. The van der Waals surface area contributed by atoms with E-state index in [1.54, 1.807) is 0 Å². The minimum Gasteiger partial charge on any atom is -0.481 e. The minimum absolute atomic E-state index is 0. The Bertz CT molecular complexity index is 201. The second-order valence-electron chi connectivity index (χ2n) is 3.65. The number of carboxylic acids is 1. The summed E-state index contributed by atoms with van der Waals surface area (Å²) in [5.41, 5.74) is 0. The van der Waals surface area contributed by atoms with Gasteiger partial charge in [0, 0.05) is 18.8 Å². The van der Waals surface area contributed by atoms with Crippen LogP contribution in [0, 0.1) is 5.92 Å². The van der Waals surface area contributed by atoms with Crippen LogP contribution in [-0.4, -0.2) is 29.8 Å². The Hall–Kier alpha value is -0.320. The van der Waals surface area contributed by atoms with Crippen molar-refractivity contribution in [3.8, 4) is 0 Å². The van der Waals surface area contributed by atoms with Crippen LogP contribution in [-0.2, 0) is 4.79 Å². The third-order valence-corrected chi connectivity index (χ3v) is 2.93. The fourth-order valence-corrected chi connectivity index (χ4v) is 2.19. The molecular formula is C8H15ClN2O2. The molecule has 2 aliphatic rings. The van der Waals surface area contributed by atoms with Crippen LogP contribution >= 0.6 is 12.4 Å². The van der Waals surface area contributed by atoms with Gasteiger partial charge in [0.25, 0.3) is 0 Å². The number of rotatable bonds is 1. The van der Waals surface area contributed by atoms with Gasteiger partial charge in [-0.15, -0.1) is 12.4 Å². The highest BCUT2D eigenvalue weighted by Gasteiger charge is 2.35. The van der Waals surface area contributed by atoms with E-state index in [9.17, 15) is 4.79 Å². The lowest BCUT2D eigenvalue weighted by molar-refractivity contribution is -0.143. The third-order valence-electron chi connectivity index (χ3n) is 2.93. The molecule has 0 aromatic rings. The van der Waals surface area contributed by atoms with Crippen LogP contribution < -0.4 is 10.6 Å². The number of hydrogen-bond acceptors (Lipinski definition) is 3. The van der Waals surface area contributed by atoms with Crippen LogP contribution in [0.5, 0.6) is 0 Å². The molecule has 0 amide bonds. The highest BCUT2D eigenvalue weighted by molar-refractivity contribution is 5.85. The molecule has 0 spiro atoms. The maximum atomic E-state index is 10.7. The largest absolute Gasteiger partial charge is 0.481 e. The van der Waals surface area contributed by atoms with Gasteiger partial charge in [0.1, 0.15) is 0 Å². The maximum Gasteiger partial charge on any atom is 0.306 e. The maximum absolute atomic E-state index is 10.7. The van der Waals surface area contributed by atoms with Gasteiger partial charge in [0.15, 0.2) is 0 Å². The lowest BCUT2D eigenvalue weighted by Gasteiger charge is -2.28. The van der Waals surface area contributed by atoms with Crippen LogP contribution in [0.15, 0.2) is 0 Å². The number of carboxylic acid groups (broad SMARTS) is 1. The third kappa shape index (κ3) is 2.13. The second kappa shape index (κ2) is 4.26. The van der Waals surface area contributed by atoms with Crippen molar-refractivity contribution >= 4 is 18.4 Å². The van der Waals surface area contributed by atoms with E-state index < -0.39 is 5.97 Å². The molecule has 3 atom stereocenters. The average Bonchev–Trinajstić information content (AvgIpc) is 2.49. The van der Waals surface area contributed by atoms with Gasteiger partial charge in [-0.2, -0.15) is 0 Å². The number of hydrogen-bond donors (Lipinski definition) is 3. The molecule has 4 nitrogen and oxygen atoms in total. The van der Waals surface area contributed by atoms with Crippen LogP contribution in [0.25, 0.3) is 0 Å². The van der Waals surface area contributed by atoms with Crippen molar-refractivity contribution < 1.29 is 9.90 Å². The smallest absolute Gasteiger partial charge is 0.306 e. The predicted octanol–water partition coefficient (Wildman–Crippen LogP) is 0.180. The highest BCUT2D eigenvalue weighted by atomic mass is 35.5. The van der Waals surface area contributed by atoms with E-state index in [1.807, 2.05) is 0 Å². The van der Waals surface area contributed by atoms with Crippen molar-refractivity contribution in [2.75, 3.05) is 6.67 Å². The first kappa shape index (κ1) is 10.8. The monoisotopic (exact) mass is 206 g/mol. The summed E-state index contributed by atoms with van der Waals surface area (Å²) in [5.74, 6) is -0.763. The summed E-state index contributed by atoms with van der Waals surface area (Å²) in [4.78, 5) is 10.7.